The fourth-order valence-corrected chi connectivity index (χ4v) is 3.16. The number of aromatic nitrogens is 6. The molecular weight excluding hydrogens is 484 g/mol. The molecular formula is C19H22N8O9. The van der Waals surface area contributed by atoms with Crippen LogP contribution < -0.4 is 11.1 Å². The highest BCUT2D eigenvalue weighted by molar-refractivity contribution is 5.93. The van der Waals surface area contributed by atoms with Crippen LogP contribution in [0.5, 0.6) is 0 Å². The first kappa shape index (κ1) is 26.2. The van der Waals surface area contributed by atoms with E-state index < -0.39 is 43.1 Å². The first-order chi connectivity index (χ1) is 17.1. The Morgan fingerprint density at radius 1 is 1.17 bits per heavy atom. The number of fused-ring (bicyclic) bond motifs is 1. The van der Waals surface area contributed by atoms with Gasteiger partial charge in [0.1, 0.15) is 23.8 Å². The summed E-state index contributed by atoms with van der Waals surface area (Å²) in [6, 6.07) is 0. The minimum Gasteiger partial charge on any atom is -0.478 e. The average Bonchev–Trinajstić information content (AvgIpc) is 3.56. The van der Waals surface area contributed by atoms with Crippen LogP contribution in [0.1, 0.15) is 16.6 Å². The molecule has 3 aromatic heterocycles. The number of aliphatic carboxylic acids is 2. The lowest BCUT2D eigenvalue weighted by atomic mass is 10.1. The second-order valence-electron chi connectivity index (χ2n) is 7.22. The van der Waals surface area contributed by atoms with E-state index in [4.69, 9.17) is 20.7 Å². The summed E-state index contributed by atoms with van der Waals surface area (Å²) in [5.41, 5.74) is 6.78. The van der Waals surface area contributed by atoms with E-state index in [0.29, 0.717) is 17.7 Å². The number of rotatable bonds is 6. The summed E-state index contributed by atoms with van der Waals surface area (Å²) in [5, 5.41) is 51.7. The summed E-state index contributed by atoms with van der Waals surface area (Å²) in [6.45, 7) is -0.459. The molecule has 1 amide bonds. The zero-order valence-electron chi connectivity index (χ0n) is 18.5. The number of imidazole rings is 1. The SMILES string of the molecule is CNC(=O)c1cnn(-c2nc(N)c3ncn([C@@H]4O[C@H](CO)[C@@H](O)[C@H]4O)c3n2)c1.O=C(O)/C=C/C(=O)O. The Hall–Kier alpha value is -4.45. The summed E-state index contributed by atoms with van der Waals surface area (Å²) in [5.74, 6) is -2.70. The van der Waals surface area contributed by atoms with Crippen LogP contribution in [0.25, 0.3) is 17.1 Å². The van der Waals surface area contributed by atoms with E-state index in [0.717, 1.165) is 0 Å². The van der Waals surface area contributed by atoms with Gasteiger partial charge in [0.15, 0.2) is 17.7 Å². The number of nitrogens with two attached hydrogens (primary N) is 1. The van der Waals surface area contributed by atoms with Gasteiger partial charge in [-0.25, -0.2) is 19.3 Å². The average molecular weight is 506 g/mol. The molecule has 1 aliphatic heterocycles. The Labute approximate surface area is 201 Å². The minimum atomic E-state index is -1.31. The number of carbonyl (C=O) groups is 3. The van der Waals surface area contributed by atoms with E-state index in [1.54, 1.807) is 0 Å². The van der Waals surface area contributed by atoms with Gasteiger partial charge in [0.2, 0.25) is 0 Å². The van der Waals surface area contributed by atoms with E-state index in [1.807, 2.05) is 0 Å². The predicted molar refractivity (Wildman–Crippen MR) is 118 cm³/mol. The molecule has 192 valence electrons. The third kappa shape index (κ3) is 5.44. The van der Waals surface area contributed by atoms with Gasteiger partial charge in [-0.2, -0.15) is 15.1 Å². The number of anilines is 1. The molecule has 0 aliphatic carbocycles. The molecule has 8 N–H and O–H groups in total. The number of nitrogen functional groups attached to an aromatic ring is 1. The number of ether oxygens (including phenoxy) is 1. The highest BCUT2D eigenvalue weighted by Gasteiger charge is 2.44. The maximum Gasteiger partial charge on any atom is 0.328 e. The van der Waals surface area contributed by atoms with E-state index in [2.05, 4.69) is 25.4 Å². The zero-order chi connectivity index (χ0) is 26.6. The second kappa shape index (κ2) is 10.9. The van der Waals surface area contributed by atoms with Crippen molar-refractivity contribution in [1.82, 2.24) is 34.6 Å². The topological polar surface area (TPSA) is 261 Å². The van der Waals surface area contributed by atoms with Crippen LogP contribution >= 0.6 is 0 Å². The first-order valence-corrected chi connectivity index (χ1v) is 10.1. The van der Waals surface area contributed by atoms with Crippen molar-refractivity contribution in [3.05, 3.63) is 36.4 Å². The molecule has 1 fully saturated rings. The Morgan fingerprint density at radius 3 is 2.39 bits per heavy atom. The molecule has 1 aliphatic rings. The molecule has 17 heteroatoms. The van der Waals surface area contributed by atoms with Crippen LogP contribution in [0.4, 0.5) is 5.82 Å². The van der Waals surface area contributed by atoms with Gasteiger partial charge in [0, 0.05) is 25.4 Å². The Bertz CT molecular complexity index is 1290. The molecule has 0 radical (unpaired) electrons. The van der Waals surface area contributed by atoms with Crippen molar-refractivity contribution < 1.29 is 44.7 Å². The standard InChI is InChI=1S/C15H18N8O5.C4H4O4/c1-17-13(27)6-2-19-23(3-6)15-20-11(16)8-12(21-15)22(5-18-8)14-10(26)9(25)7(4-24)28-14;5-3(6)1-2-4(7)8/h2-3,5,7,9-10,14,24-26H,4H2,1H3,(H,17,27)(H2,16,20,21);1-2H,(H,5,6)(H,7,8)/b;2-1+/t7-,9-,10-,14-;/m1./s1. The maximum atomic E-state index is 11.7. The number of carbonyl (C=O) groups excluding carboxylic acids is 1. The predicted octanol–water partition coefficient (Wildman–Crippen LogP) is -2.72. The lowest BCUT2D eigenvalue weighted by Gasteiger charge is -2.16. The molecule has 36 heavy (non-hydrogen) atoms. The first-order valence-electron chi connectivity index (χ1n) is 10.1. The molecule has 4 atom stereocenters. The van der Waals surface area contributed by atoms with Gasteiger partial charge in [-0.3, -0.25) is 9.36 Å². The molecule has 0 unspecified atom stereocenters. The van der Waals surface area contributed by atoms with Crippen molar-refractivity contribution in [2.75, 3.05) is 19.4 Å². The number of nitrogens with one attached hydrogen (secondary N) is 1. The monoisotopic (exact) mass is 506 g/mol. The molecule has 0 aromatic carbocycles. The van der Waals surface area contributed by atoms with Crippen molar-refractivity contribution in [3.8, 4) is 5.95 Å². The van der Waals surface area contributed by atoms with Gasteiger partial charge in [-0.05, 0) is 0 Å². The van der Waals surface area contributed by atoms with E-state index in [9.17, 15) is 29.7 Å². The number of carboxylic acids is 2. The van der Waals surface area contributed by atoms with Crippen molar-refractivity contribution in [3.63, 3.8) is 0 Å². The number of nitrogens with zero attached hydrogens (tertiary/aromatic N) is 6. The highest BCUT2D eigenvalue weighted by Crippen LogP contribution is 2.32. The molecule has 4 rings (SSSR count). The highest BCUT2D eigenvalue weighted by atomic mass is 16.6. The van der Waals surface area contributed by atoms with Crippen LogP contribution in [-0.4, -0.2) is 105 Å². The third-order valence-electron chi connectivity index (χ3n) is 4.87. The second-order valence-corrected chi connectivity index (χ2v) is 7.22. The number of amides is 1. The van der Waals surface area contributed by atoms with Gasteiger partial charge in [-0.15, -0.1) is 0 Å². The summed E-state index contributed by atoms with van der Waals surface area (Å²) < 4.78 is 8.18. The molecule has 1 saturated heterocycles. The minimum absolute atomic E-state index is 0.0579. The molecule has 17 nitrogen and oxygen atoms in total. The summed E-state index contributed by atoms with van der Waals surface area (Å²) >= 11 is 0. The van der Waals surface area contributed by atoms with Crippen molar-refractivity contribution in [2.45, 2.75) is 24.5 Å². The molecule has 0 spiro atoms. The van der Waals surface area contributed by atoms with Gasteiger partial charge in [0.25, 0.3) is 11.9 Å². The molecule has 3 aromatic rings. The largest absolute Gasteiger partial charge is 0.478 e. The summed E-state index contributed by atoms with van der Waals surface area (Å²) in [7, 11) is 1.50. The number of aliphatic hydroxyl groups is 3. The maximum absolute atomic E-state index is 11.7. The Morgan fingerprint density at radius 2 is 1.83 bits per heavy atom. The Balaban J connectivity index is 0.000000392. The number of hydrogen-bond donors (Lipinski definition) is 7. The summed E-state index contributed by atoms with van der Waals surface area (Å²) in [4.78, 5) is 43.5. The fraction of sp³-hybridized carbons (Fsp3) is 0.316. The number of hydrogen-bond acceptors (Lipinski definition) is 12. The smallest absolute Gasteiger partial charge is 0.328 e. The van der Waals surface area contributed by atoms with Gasteiger partial charge >= 0.3 is 11.9 Å². The van der Waals surface area contributed by atoms with Crippen molar-refractivity contribution in [2.24, 2.45) is 0 Å². The zero-order valence-corrected chi connectivity index (χ0v) is 18.5. The van der Waals surface area contributed by atoms with Crippen LogP contribution in [-0.2, 0) is 14.3 Å². The molecule has 0 bridgehead atoms. The number of aliphatic hydroxyl groups excluding tert-OH is 3. The van der Waals surface area contributed by atoms with Gasteiger partial charge in [-0.1, -0.05) is 0 Å². The van der Waals surface area contributed by atoms with E-state index >= 15 is 0 Å². The van der Waals surface area contributed by atoms with Crippen LogP contribution in [0.15, 0.2) is 30.9 Å². The van der Waals surface area contributed by atoms with Crippen LogP contribution in [0.3, 0.4) is 0 Å². The Kier molecular flexibility index (Phi) is 7.90. The van der Waals surface area contributed by atoms with E-state index in [1.165, 1.54) is 35.0 Å². The van der Waals surface area contributed by atoms with Gasteiger partial charge < -0.3 is 41.3 Å². The third-order valence-corrected chi connectivity index (χ3v) is 4.87. The molecule has 0 saturated carbocycles. The number of carboxylic acid groups (broad SMARTS) is 2. The van der Waals surface area contributed by atoms with E-state index in [-0.39, 0.29) is 28.8 Å². The lowest BCUT2D eigenvalue weighted by Crippen LogP contribution is -2.33. The quantitative estimate of drug-likeness (QED) is 0.168. The fourth-order valence-electron chi connectivity index (χ4n) is 3.16. The van der Waals surface area contributed by atoms with Crippen LogP contribution in [0.2, 0.25) is 0 Å². The summed E-state index contributed by atoms with van der Waals surface area (Å²) in [6.07, 6.45) is 0.698. The molecule has 4 heterocycles. The van der Waals surface area contributed by atoms with Crippen molar-refractivity contribution >= 4 is 34.8 Å². The van der Waals surface area contributed by atoms with Gasteiger partial charge in [0.05, 0.1) is 24.7 Å². The van der Waals surface area contributed by atoms with Crippen molar-refractivity contribution in [1.29, 1.82) is 0 Å². The normalized spacial score (nSPS) is 21.3. The van der Waals surface area contributed by atoms with Crippen LogP contribution in [0, 0.1) is 0 Å². The lowest BCUT2D eigenvalue weighted by molar-refractivity contribution is -0.134.